The monoisotopic (exact) mass is 678 g/mol. The molecule has 2 aliphatic rings. The van der Waals surface area contributed by atoms with E-state index >= 15 is 0 Å². The number of aliphatic hydroxyl groups is 5. The van der Waals surface area contributed by atoms with Crippen LogP contribution in [-0.2, 0) is 42.8 Å². The third-order valence-corrected chi connectivity index (χ3v) is 8.30. The van der Waals surface area contributed by atoms with Crippen LogP contribution in [0.15, 0.2) is 0 Å². The Morgan fingerprint density at radius 3 is 1.85 bits per heavy atom. The quantitative estimate of drug-likeness (QED) is 0.0668. The van der Waals surface area contributed by atoms with E-state index in [1.165, 1.54) is 25.7 Å². The van der Waals surface area contributed by atoms with Crippen LogP contribution < -0.4 is 0 Å². The van der Waals surface area contributed by atoms with Gasteiger partial charge in [0.05, 0.1) is 19.1 Å². The van der Waals surface area contributed by atoms with Gasteiger partial charge in [-0.15, -0.1) is 0 Å². The van der Waals surface area contributed by atoms with Gasteiger partial charge in [-0.2, -0.15) is 0 Å². The highest BCUT2D eigenvalue weighted by atomic mass is 16.8. The van der Waals surface area contributed by atoms with E-state index in [9.17, 15) is 39.9 Å². The Morgan fingerprint density at radius 2 is 1.32 bits per heavy atom. The van der Waals surface area contributed by atoms with Crippen LogP contribution in [0, 0.1) is 11.8 Å². The maximum atomic E-state index is 13.1. The molecule has 5 N–H and O–H groups in total. The van der Waals surface area contributed by atoms with Gasteiger partial charge in [-0.25, -0.2) is 0 Å². The summed E-state index contributed by atoms with van der Waals surface area (Å²) in [6.45, 7) is 6.31. The fourth-order valence-electron chi connectivity index (χ4n) is 5.59. The molecule has 0 aromatic heterocycles. The van der Waals surface area contributed by atoms with E-state index in [1.54, 1.807) is 27.7 Å². The molecule has 0 spiro atoms. The van der Waals surface area contributed by atoms with Gasteiger partial charge >= 0.3 is 17.9 Å². The molecule has 0 unspecified atom stereocenters. The lowest BCUT2D eigenvalue weighted by Crippen LogP contribution is -2.65. The van der Waals surface area contributed by atoms with Crippen molar-refractivity contribution in [2.45, 2.75) is 160 Å². The van der Waals surface area contributed by atoms with E-state index in [1.807, 2.05) is 0 Å². The summed E-state index contributed by atoms with van der Waals surface area (Å²) >= 11 is 0. The van der Waals surface area contributed by atoms with Crippen molar-refractivity contribution in [3.05, 3.63) is 0 Å². The third-order valence-electron chi connectivity index (χ3n) is 8.30. The lowest BCUT2D eigenvalue weighted by atomic mass is 9.97. The summed E-state index contributed by atoms with van der Waals surface area (Å²) in [7, 11) is 0. The van der Waals surface area contributed by atoms with Gasteiger partial charge in [0.15, 0.2) is 18.3 Å². The molecule has 14 heteroatoms. The molecule has 0 bridgehead atoms. The van der Waals surface area contributed by atoms with E-state index < -0.39 is 98.5 Å². The summed E-state index contributed by atoms with van der Waals surface area (Å²) in [6, 6.07) is 0. The molecule has 14 nitrogen and oxygen atoms in total. The summed E-state index contributed by atoms with van der Waals surface area (Å²) in [4.78, 5) is 38.5. The molecule has 2 fully saturated rings. The van der Waals surface area contributed by atoms with Crippen LogP contribution in [0.1, 0.15) is 105 Å². The van der Waals surface area contributed by atoms with Crippen LogP contribution in [-0.4, -0.2) is 118 Å². The van der Waals surface area contributed by atoms with Gasteiger partial charge in [0, 0.05) is 12.8 Å². The second-order valence-corrected chi connectivity index (χ2v) is 13.2. The first kappa shape index (κ1) is 41.3. The van der Waals surface area contributed by atoms with Gasteiger partial charge < -0.3 is 54.0 Å². The Bertz CT molecular complexity index is 944. The van der Waals surface area contributed by atoms with Gasteiger partial charge in [-0.1, -0.05) is 86.0 Å². The molecule has 2 heterocycles. The van der Waals surface area contributed by atoms with Crippen molar-refractivity contribution >= 4 is 17.9 Å². The summed E-state index contributed by atoms with van der Waals surface area (Å²) in [6.07, 6.45) is -3.49. The molecule has 9 atom stereocenters. The normalized spacial score (nSPS) is 30.9. The van der Waals surface area contributed by atoms with Gasteiger partial charge in [0.1, 0.15) is 31.0 Å². The Morgan fingerprint density at radius 1 is 0.745 bits per heavy atom. The summed E-state index contributed by atoms with van der Waals surface area (Å²) in [5.41, 5.74) is 0. The molecular weight excluding hydrogens is 620 g/mol. The van der Waals surface area contributed by atoms with Crippen LogP contribution in [0.25, 0.3) is 0 Å². The van der Waals surface area contributed by atoms with Crippen molar-refractivity contribution in [2.75, 3.05) is 19.8 Å². The van der Waals surface area contributed by atoms with Crippen LogP contribution in [0.2, 0.25) is 0 Å². The van der Waals surface area contributed by atoms with Crippen LogP contribution in [0.5, 0.6) is 0 Å². The van der Waals surface area contributed by atoms with Crippen LogP contribution >= 0.6 is 0 Å². The minimum absolute atomic E-state index is 0.00675. The first-order valence-electron chi connectivity index (χ1n) is 17.1. The van der Waals surface area contributed by atoms with Crippen molar-refractivity contribution in [1.29, 1.82) is 0 Å². The van der Waals surface area contributed by atoms with Gasteiger partial charge in [0.2, 0.25) is 12.1 Å². The largest absolute Gasteiger partial charge is 0.455 e. The second-order valence-electron chi connectivity index (χ2n) is 13.2. The molecule has 2 aliphatic heterocycles. The van der Waals surface area contributed by atoms with E-state index in [4.69, 9.17) is 28.4 Å². The van der Waals surface area contributed by atoms with Crippen LogP contribution in [0.3, 0.4) is 0 Å². The zero-order valence-corrected chi connectivity index (χ0v) is 28.6. The van der Waals surface area contributed by atoms with Gasteiger partial charge in [0.25, 0.3) is 0 Å². The second kappa shape index (κ2) is 20.6. The maximum absolute atomic E-state index is 13.1. The zero-order chi connectivity index (χ0) is 35.1. The predicted octanol–water partition coefficient (Wildman–Crippen LogP) is 1.88. The molecule has 0 aromatic rings. The van der Waals surface area contributed by atoms with E-state index in [2.05, 4.69) is 6.92 Å². The van der Waals surface area contributed by atoms with Crippen molar-refractivity contribution in [3.8, 4) is 0 Å². The van der Waals surface area contributed by atoms with E-state index in [0.29, 0.717) is 6.42 Å². The maximum Gasteiger partial charge on any atom is 0.308 e. The lowest BCUT2D eigenvalue weighted by molar-refractivity contribution is -0.384. The Kier molecular flexibility index (Phi) is 18.1. The van der Waals surface area contributed by atoms with Crippen molar-refractivity contribution in [1.82, 2.24) is 0 Å². The molecule has 0 amide bonds. The summed E-state index contributed by atoms with van der Waals surface area (Å²) in [5.74, 6) is -5.28. The minimum atomic E-state index is -2.35. The first-order chi connectivity index (χ1) is 22.3. The Labute approximate surface area is 278 Å². The molecule has 2 saturated heterocycles. The number of carbonyl (C=O) groups is 3. The number of hydrogen-bond acceptors (Lipinski definition) is 14. The fourth-order valence-corrected chi connectivity index (χ4v) is 5.59. The molecule has 47 heavy (non-hydrogen) atoms. The molecule has 274 valence electrons. The summed E-state index contributed by atoms with van der Waals surface area (Å²) < 4.78 is 34.3. The lowest BCUT2D eigenvalue weighted by Gasteiger charge is -2.45. The topological polar surface area (TPSA) is 208 Å². The Balaban J connectivity index is 2.32. The van der Waals surface area contributed by atoms with E-state index in [-0.39, 0.29) is 18.8 Å². The summed E-state index contributed by atoms with van der Waals surface area (Å²) in [5, 5.41) is 52.3. The number of rotatable bonds is 21. The van der Waals surface area contributed by atoms with Gasteiger partial charge in [-0.3, -0.25) is 14.4 Å². The average molecular weight is 679 g/mol. The van der Waals surface area contributed by atoms with Crippen molar-refractivity contribution in [3.63, 3.8) is 0 Å². The smallest absolute Gasteiger partial charge is 0.308 e. The molecule has 2 rings (SSSR count). The Hall–Kier alpha value is -1.91. The molecule has 0 aliphatic carbocycles. The number of carbonyl (C=O) groups excluding carboxylic acids is 3. The highest BCUT2D eigenvalue weighted by Gasteiger charge is 2.62. The minimum Gasteiger partial charge on any atom is -0.455 e. The average Bonchev–Trinajstić information content (AvgIpc) is 3.28. The number of aliphatic hydroxyl groups excluding tert-OH is 5. The first-order valence-corrected chi connectivity index (χ1v) is 17.1. The number of unbranched alkanes of at least 4 members (excludes halogenated alkanes) is 8. The highest BCUT2D eigenvalue weighted by molar-refractivity contribution is 5.72. The third kappa shape index (κ3) is 12.2. The number of hydrogen-bond donors (Lipinski definition) is 5. The fraction of sp³-hybridized carbons (Fsp3) is 0.909. The van der Waals surface area contributed by atoms with Crippen molar-refractivity contribution in [2.24, 2.45) is 11.8 Å². The molecule has 0 radical (unpaired) electrons. The molecule has 0 aromatic carbocycles. The standard InChI is InChI=1S/C33H58O14/c1-6-7-8-9-10-11-12-13-14-15-24(37)43-29-28(44-25(38)16-20(2)3)26(39)22(17-34)42-32(29)47-33(19-36)30(45-31(41)21(4)5)27(40)23(18-35)46-33/h20-23,26-30,32,34-36,39-40H,6-19H2,1-5H3/t22-,23-,26-,27-,28+,29-,30+,32-,33+/m1/s1. The predicted molar refractivity (Wildman–Crippen MR) is 166 cm³/mol. The molecule has 0 saturated carbocycles. The van der Waals surface area contributed by atoms with E-state index in [0.717, 1.165) is 25.7 Å². The number of ether oxygens (including phenoxy) is 6. The zero-order valence-electron chi connectivity index (χ0n) is 28.6. The van der Waals surface area contributed by atoms with Crippen LogP contribution in [0.4, 0.5) is 0 Å². The highest BCUT2D eigenvalue weighted by Crippen LogP contribution is 2.39. The SMILES string of the molecule is CCCCCCCCCCCC(=O)O[C@H]1[C@@H](O[C@]2(CO)O[C@H](CO)[C@@H](O)[C@@H]2OC(=O)C(C)C)O[C@H](CO)[C@@H](O)[C@@H]1OC(=O)CC(C)C. The number of esters is 3. The van der Waals surface area contributed by atoms with Crippen molar-refractivity contribution < 1.29 is 68.3 Å². The molecular formula is C33H58O14. The van der Waals surface area contributed by atoms with Gasteiger partial charge in [-0.05, 0) is 12.3 Å².